The predicted molar refractivity (Wildman–Crippen MR) is 77.8 cm³/mol. The Morgan fingerprint density at radius 1 is 1.47 bits per heavy atom. The van der Waals surface area contributed by atoms with Gasteiger partial charge in [-0.2, -0.15) is 0 Å². The van der Waals surface area contributed by atoms with Gasteiger partial charge in [0.2, 0.25) is 0 Å². The summed E-state index contributed by atoms with van der Waals surface area (Å²) in [5.41, 5.74) is 7.56. The predicted octanol–water partition coefficient (Wildman–Crippen LogP) is 3.66. The number of halogens is 1. The monoisotopic (exact) mass is 282 g/mol. The molecular weight excluding hydrogens is 272 g/mol. The molecule has 0 aliphatic heterocycles. The van der Waals surface area contributed by atoms with E-state index < -0.39 is 0 Å². The van der Waals surface area contributed by atoms with Gasteiger partial charge in [0, 0.05) is 5.56 Å². The second-order valence-corrected chi connectivity index (χ2v) is 5.34. The highest BCUT2D eigenvalue weighted by molar-refractivity contribution is 7.81. The van der Waals surface area contributed by atoms with Gasteiger partial charge in [0.15, 0.2) is 0 Å². The quantitative estimate of drug-likeness (QED) is 0.873. The van der Waals surface area contributed by atoms with Crippen molar-refractivity contribution in [3.63, 3.8) is 0 Å². The number of rotatable bonds is 3. The van der Waals surface area contributed by atoms with Crippen LogP contribution in [0.3, 0.4) is 0 Å². The third kappa shape index (κ3) is 2.49. The first kappa shape index (κ1) is 12.5. The summed E-state index contributed by atoms with van der Waals surface area (Å²) in [6.07, 6.45) is 0.813. The SMILES string of the molecule is CCc1nc(-c2ccccc2Cl)sc1C(N)=S. The molecule has 0 saturated heterocycles. The number of hydrogen-bond acceptors (Lipinski definition) is 3. The molecule has 0 saturated carbocycles. The van der Waals surface area contributed by atoms with E-state index in [4.69, 9.17) is 29.6 Å². The van der Waals surface area contributed by atoms with Crippen LogP contribution in [0.4, 0.5) is 0 Å². The van der Waals surface area contributed by atoms with Crippen LogP contribution in [0.5, 0.6) is 0 Å². The molecule has 88 valence electrons. The molecule has 1 aromatic heterocycles. The molecule has 0 bridgehead atoms. The van der Waals surface area contributed by atoms with Gasteiger partial charge >= 0.3 is 0 Å². The van der Waals surface area contributed by atoms with Crippen molar-refractivity contribution in [3.8, 4) is 10.6 Å². The summed E-state index contributed by atoms with van der Waals surface area (Å²) in [7, 11) is 0. The van der Waals surface area contributed by atoms with Crippen molar-refractivity contribution in [3.05, 3.63) is 39.9 Å². The van der Waals surface area contributed by atoms with Crippen molar-refractivity contribution < 1.29 is 0 Å². The van der Waals surface area contributed by atoms with Crippen LogP contribution >= 0.6 is 35.2 Å². The van der Waals surface area contributed by atoms with Crippen LogP contribution in [0.1, 0.15) is 17.5 Å². The van der Waals surface area contributed by atoms with Crippen molar-refractivity contribution in [2.45, 2.75) is 13.3 Å². The molecule has 0 radical (unpaired) electrons. The van der Waals surface area contributed by atoms with Crippen LogP contribution < -0.4 is 5.73 Å². The van der Waals surface area contributed by atoms with Crippen LogP contribution in [0.25, 0.3) is 10.6 Å². The highest BCUT2D eigenvalue weighted by Crippen LogP contribution is 2.32. The molecule has 0 unspecified atom stereocenters. The molecule has 2 rings (SSSR count). The average molecular weight is 283 g/mol. The first-order valence-corrected chi connectivity index (χ1v) is 6.78. The fraction of sp³-hybridized carbons (Fsp3) is 0.167. The second kappa shape index (κ2) is 5.12. The molecule has 1 heterocycles. The molecule has 0 spiro atoms. The number of aromatic nitrogens is 1. The molecule has 0 fully saturated rings. The number of nitrogens with zero attached hydrogens (tertiary/aromatic N) is 1. The van der Waals surface area contributed by atoms with E-state index in [2.05, 4.69) is 4.98 Å². The molecule has 2 N–H and O–H groups in total. The van der Waals surface area contributed by atoms with Gasteiger partial charge in [0.1, 0.15) is 10.00 Å². The van der Waals surface area contributed by atoms with Crippen LogP contribution in [0.15, 0.2) is 24.3 Å². The summed E-state index contributed by atoms with van der Waals surface area (Å²) in [5.74, 6) is 0. The van der Waals surface area contributed by atoms with Gasteiger partial charge in [-0.15, -0.1) is 11.3 Å². The molecule has 0 aliphatic rings. The highest BCUT2D eigenvalue weighted by atomic mass is 35.5. The third-order valence-electron chi connectivity index (χ3n) is 2.36. The summed E-state index contributed by atoms with van der Waals surface area (Å²) in [6.45, 7) is 2.03. The lowest BCUT2D eigenvalue weighted by atomic mass is 10.2. The van der Waals surface area contributed by atoms with Crippen LogP contribution in [0, 0.1) is 0 Å². The average Bonchev–Trinajstić information content (AvgIpc) is 2.73. The van der Waals surface area contributed by atoms with Crippen molar-refractivity contribution in [1.29, 1.82) is 0 Å². The van der Waals surface area contributed by atoms with Crippen LogP contribution in [-0.2, 0) is 6.42 Å². The Balaban J connectivity index is 2.54. The van der Waals surface area contributed by atoms with Crippen molar-refractivity contribution in [1.82, 2.24) is 4.98 Å². The Bertz CT molecular complexity index is 563. The summed E-state index contributed by atoms with van der Waals surface area (Å²) in [6, 6.07) is 7.64. The third-order valence-corrected chi connectivity index (χ3v) is 4.19. The molecule has 1 aromatic carbocycles. The molecule has 2 aromatic rings. The van der Waals surface area contributed by atoms with E-state index in [0.29, 0.717) is 10.0 Å². The lowest BCUT2D eigenvalue weighted by Crippen LogP contribution is -2.09. The second-order valence-electron chi connectivity index (χ2n) is 3.49. The number of aryl methyl sites for hydroxylation is 1. The smallest absolute Gasteiger partial charge is 0.125 e. The van der Waals surface area contributed by atoms with Gasteiger partial charge in [-0.25, -0.2) is 4.98 Å². The fourth-order valence-electron chi connectivity index (χ4n) is 1.53. The summed E-state index contributed by atoms with van der Waals surface area (Å²) < 4.78 is 0. The molecule has 0 atom stereocenters. The van der Waals surface area contributed by atoms with Gasteiger partial charge in [-0.3, -0.25) is 0 Å². The Labute approximate surface area is 114 Å². The van der Waals surface area contributed by atoms with Gasteiger partial charge in [0.25, 0.3) is 0 Å². The number of thiocarbonyl (C=S) groups is 1. The molecule has 0 aliphatic carbocycles. The standard InChI is InChI=1S/C12H11ClN2S2/c1-2-9-10(11(14)16)17-12(15-9)7-5-3-4-6-8(7)13/h3-6H,2H2,1H3,(H2,14,16). The Morgan fingerprint density at radius 2 is 2.18 bits per heavy atom. The van der Waals surface area contributed by atoms with Gasteiger partial charge < -0.3 is 5.73 Å². The highest BCUT2D eigenvalue weighted by Gasteiger charge is 2.14. The maximum absolute atomic E-state index is 6.15. The number of benzene rings is 1. The van der Waals surface area contributed by atoms with E-state index in [1.165, 1.54) is 11.3 Å². The number of thiazole rings is 1. The molecule has 2 nitrogen and oxygen atoms in total. The van der Waals surface area contributed by atoms with Gasteiger partial charge in [-0.05, 0) is 12.5 Å². The largest absolute Gasteiger partial charge is 0.389 e. The Kier molecular flexibility index (Phi) is 3.76. The van der Waals surface area contributed by atoms with E-state index in [0.717, 1.165) is 27.6 Å². The zero-order valence-corrected chi connectivity index (χ0v) is 11.6. The van der Waals surface area contributed by atoms with E-state index in [-0.39, 0.29) is 0 Å². The molecule has 5 heteroatoms. The lowest BCUT2D eigenvalue weighted by Gasteiger charge is -1.97. The zero-order valence-electron chi connectivity index (χ0n) is 9.24. The Hall–Kier alpha value is -0.970. The van der Waals surface area contributed by atoms with E-state index in [9.17, 15) is 0 Å². The number of hydrogen-bond donors (Lipinski definition) is 1. The zero-order chi connectivity index (χ0) is 12.4. The first-order valence-electron chi connectivity index (χ1n) is 5.18. The van der Waals surface area contributed by atoms with Crippen molar-refractivity contribution >= 4 is 40.1 Å². The molecular formula is C12H11ClN2S2. The minimum atomic E-state index is 0.401. The first-order chi connectivity index (χ1) is 8.13. The molecule has 17 heavy (non-hydrogen) atoms. The maximum Gasteiger partial charge on any atom is 0.125 e. The molecule has 0 amide bonds. The van der Waals surface area contributed by atoms with E-state index in [1.807, 2.05) is 31.2 Å². The summed E-state index contributed by atoms with van der Waals surface area (Å²) >= 11 is 12.7. The lowest BCUT2D eigenvalue weighted by molar-refractivity contribution is 1.06. The Morgan fingerprint density at radius 3 is 2.71 bits per heavy atom. The van der Waals surface area contributed by atoms with Crippen LogP contribution in [-0.4, -0.2) is 9.97 Å². The van der Waals surface area contributed by atoms with E-state index >= 15 is 0 Å². The number of nitrogens with two attached hydrogens (primary N) is 1. The minimum absolute atomic E-state index is 0.401. The van der Waals surface area contributed by atoms with Crippen molar-refractivity contribution in [2.75, 3.05) is 0 Å². The van der Waals surface area contributed by atoms with Crippen LogP contribution in [0.2, 0.25) is 5.02 Å². The van der Waals surface area contributed by atoms with Crippen molar-refractivity contribution in [2.24, 2.45) is 5.73 Å². The summed E-state index contributed by atoms with van der Waals surface area (Å²) in [4.78, 5) is 5.83. The topological polar surface area (TPSA) is 38.9 Å². The minimum Gasteiger partial charge on any atom is -0.389 e. The fourth-order valence-corrected chi connectivity index (χ4v) is 3.10. The normalized spacial score (nSPS) is 10.5. The maximum atomic E-state index is 6.15. The van der Waals surface area contributed by atoms with Gasteiger partial charge in [-0.1, -0.05) is 48.9 Å². The van der Waals surface area contributed by atoms with E-state index in [1.54, 1.807) is 0 Å². The summed E-state index contributed by atoms with van der Waals surface area (Å²) in [5, 5.41) is 1.56. The van der Waals surface area contributed by atoms with Gasteiger partial charge in [0.05, 0.1) is 15.6 Å².